The molecule has 1 aromatic heterocycles. The average Bonchev–Trinajstić information content (AvgIpc) is 2.22. The maximum Gasteiger partial charge on any atom is 0.145 e. The summed E-state index contributed by atoms with van der Waals surface area (Å²) in [6, 6.07) is 2.31. The predicted octanol–water partition coefficient (Wildman–Crippen LogP) is 3.00. The zero-order chi connectivity index (χ0) is 11.5. The topological polar surface area (TPSA) is 28.2 Å². The third kappa shape index (κ3) is 3.09. The largest absolute Gasteiger partial charge is 0.365 e. The molecule has 1 unspecified atom stereocenters. The van der Waals surface area contributed by atoms with Gasteiger partial charge in [-0.25, -0.2) is 4.98 Å². The molecule has 1 fully saturated rings. The molecule has 1 N–H and O–H groups in total. The molecule has 16 heavy (non-hydrogen) atoms. The second-order valence-corrected chi connectivity index (χ2v) is 5.55. The fourth-order valence-corrected chi connectivity index (χ4v) is 2.68. The van der Waals surface area contributed by atoms with Crippen molar-refractivity contribution in [1.82, 2.24) is 9.88 Å². The van der Waals surface area contributed by atoms with Crippen LogP contribution in [-0.2, 0) is 0 Å². The Labute approximate surface area is 109 Å². The Balaban J connectivity index is 2.02. The van der Waals surface area contributed by atoms with Crippen LogP contribution in [0.25, 0.3) is 0 Å². The van der Waals surface area contributed by atoms with Crippen molar-refractivity contribution in [2.45, 2.75) is 18.9 Å². The van der Waals surface area contributed by atoms with E-state index in [1.54, 1.807) is 6.20 Å². The monoisotopic (exact) mass is 303 g/mol. The quantitative estimate of drug-likeness (QED) is 0.910. The second-order valence-electron chi connectivity index (χ2n) is 4.23. The molecule has 1 aliphatic heterocycles. The zero-order valence-corrected chi connectivity index (χ0v) is 11.6. The van der Waals surface area contributed by atoms with Gasteiger partial charge in [-0.05, 0) is 48.4 Å². The lowest BCUT2D eigenvalue weighted by Gasteiger charge is -2.30. The fraction of sp³-hybridized carbons (Fsp3) is 0.545. The molecule has 5 heteroatoms. The molecule has 0 saturated carbocycles. The van der Waals surface area contributed by atoms with Gasteiger partial charge in [0.05, 0.1) is 5.02 Å². The normalized spacial score (nSPS) is 22.1. The number of nitrogens with zero attached hydrogens (tertiary/aromatic N) is 2. The molecule has 0 radical (unpaired) electrons. The van der Waals surface area contributed by atoms with Gasteiger partial charge in [0.15, 0.2) is 0 Å². The van der Waals surface area contributed by atoms with Crippen LogP contribution in [0, 0.1) is 0 Å². The van der Waals surface area contributed by atoms with E-state index in [0.717, 1.165) is 16.8 Å². The summed E-state index contributed by atoms with van der Waals surface area (Å²) in [5.74, 6) is 0.783. The number of halogens is 2. The van der Waals surface area contributed by atoms with Gasteiger partial charge in [0.1, 0.15) is 5.82 Å². The van der Waals surface area contributed by atoms with Crippen LogP contribution in [0.5, 0.6) is 0 Å². The van der Waals surface area contributed by atoms with Crippen LogP contribution in [-0.4, -0.2) is 36.1 Å². The minimum absolute atomic E-state index is 0.449. The SMILES string of the molecule is CN1CCCC(Nc2ncc(Br)cc2Cl)C1. The maximum atomic E-state index is 6.12. The van der Waals surface area contributed by atoms with Crippen molar-refractivity contribution in [3.63, 3.8) is 0 Å². The number of likely N-dealkylation sites (tertiary alicyclic amines) is 1. The first-order valence-corrected chi connectivity index (χ1v) is 6.58. The van der Waals surface area contributed by atoms with Crippen LogP contribution in [0.2, 0.25) is 5.02 Å². The van der Waals surface area contributed by atoms with E-state index < -0.39 is 0 Å². The number of piperidine rings is 1. The van der Waals surface area contributed by atoms with Crippen LogP contribution in [0.1, 0.15) is 12.8 Å². The Morgan fingerprint density at radius 2 is 2.44 bits per heavy atom. The number of hydrogen-bond acceptors (Lipinski definition) is 3. The van der Waals surface area contributed by atoms with Crippen molar-refractivity contribution < 1.29 is 0 Å². The first kappa shape index (κ1) is 12.1. The number of nitrogens with one attached hydrogen (secondary N) is 1. The Kier molecular flexibility index (Phi) is 4.05. The summed E-state index contributed by atoms with van der Waals surface area (Å²) in [6.07, 6.45) is 4.17. The maximum absolute atomic E-state index is 6.12. The molecule has 3 nitrogen and oxygen atoms in total. The van der Waals surface area contributed by atoms with E-state index in [1.165, 1.54) is 19.4 Å². The molecule has 2 rings (SSSR count). The van der Waals surface area contributed by atoms with E-state index in [0.29, 0.717) is 11.1 Å². The summed E-state index contributed by atoms with van der Waals surface area (Å²) in [4.78, 5) is 6.62. The lowest BCUT2D eigenvalue weighted by molar-refractivity contribution is 0.261. The Bertz CT molecular complexity index is 372. The lowest BCUT2D eigenvalue weighted by atomic mass is 10.1. The van der Waals surface area contributed by atoms with Crippen molar-refractivity contribution in [2.75, 3.05) is 25.5 Å². The predicted molar refractivity (Wildman–Crippen MR) is 71.1 cm³/mol. The van der Waals surface area contributed by atoms with Crippen LogP contribution in [0.3, 0.4) is 0 Å². The first-order chi connectivity index (χ1) is 7.65. The number of rotatable bonds is 2. The smallest absolute Gasteiger partial charge is 0.145 e. The third-order valence-electron chi connectivity index (χ3n) is 2.77. The number of aromatic nitrogens is 1. The van der Waals surface area contributed by atoms with Gasteiger partial charge < -0.3 is 10.2 Å². The summed E-state index contributed by atoms with van der Waals surface area (Å²) in [5, 5.41) is 4.07. The Morgan fingerprint density at radius 3 is 3.12 bits per heavy atom. The molecule has 0 amide bonds. The summed E-state index contributed by atoms with van der Waals surface area (Å²) < 4.78 is 0.906. The fourth-order valence-electron chi connectivity index (χ4n) is 2.00. The van der Waals surface area contributed by atoms with Crippen LogP contribution >= 0.6 is 27.5 Å². The van der Waals surface area contributed by atoms with E-state index in [9.17, 15) is 0 Å². The molecule has 1 aliphatic rings. The van der Waals surface area contributed by atoms with Crippen LogP contribution in [0.15, 0.2) is 16.7 Å². The van der Waals surface area contributed by atoms with Gasteiger partial charge in [-0.2, -0.15) is 0 Å². The van der Waals surface area contributed by atoms with Crippen LogP contribution < -0.4 is 5.32 Å². The summed E-state index contributed by atoms with van der Waals surface area (Å²) in [5.41, 5.74) is 0. The van der Waals surface area contributed by atoms with Gasteiger partial charge in [-0.1, -0.05) is 11.6 Å². The third-order valence-corrected chi connectivity index (χ3v) is 3.49. The number of hydrogen-bond donors (Lipinski definition) is 1. The van der Waals surface area contributed by atoms with E-state index in [4.69, 9.17) is 11.6 Å². The zero-order valence-electron chi connectivity index (χ0n) is 9.21. The van der Waals surface area contributed by atoms with Crippen molar-refractivity contribution in [1.29, 1.82) is 0 Å². The molecule has 0 aliphatic carbocycles. The highest BCUT2D eigenvalue weighted by Crippen LogP contribution is 2.24. The van der Waals surface area contributed by atoms with E-state index in [2.05, 4.69) is 38.2 Å². The summed E-state index contributed by atoms with van der Waals surface area (Å²) in [7, 11) is 2.14. The van der Waals surface area contributed by atoms with E-state index >= 15 is 0 Å². The minimum atomic E-state index is 0.449. The Morgan fingerprint density at radius 1 is 1.62 bits per heavy atom. The molecule has 0 bridgehead atoms. The molecular weight excluding hydrogens is 289 g/mol. The van der Waals surface area contributed by atoms with Crippen molar-refractivity contribution >= 4 is 33.3 Å². The Hall–Kier alpha value is -0.320. The number of likely N-dealkylation sites (N-methyl/N-ethyl adjacent to an activating group) is 1. The van der Waals surface area contributed by atoms with Crippen LogP contribution in [0.4, 0.5) is 5.82 Å². The highest BCUT2D eigenvalue weighted by Gasteiger charge is 2.18. The highest BCUT2D eigenvalue weighted by molar-refractivity contribution is 9.10. The number of pyridine rings is 1. The summed E-state index contributed by atoms with van der Waals surface area (Å²) >= 11 is 9.46. The molecule has 1 aromatic rings. The molecule has 1 saturated heterocycles. The molecule has 0 spiro atoms. The van der Waals surface area contributed by atoms with Gasteiger partial charge in [0.25, 0.3) is 0 Å². The van der Waals surface area contributed by atoms with Gasteiger partial charge in [-0.3, -0.25) is 0 Å². The van der Waals surface area contributed by atoms with Gasteiger partial charge >= 0.3 is 0 Å². The first-order valence-electron chi connectivity index (χ1n) is 5.41. The molecule has 0 aromatic carbocycles. The van der Waals surface area contributed by atoms with Gasteiger partial charge in [0.2, 0.25) is 0 Å². The minimum Gasteiger partial charge on any atom is -0.365 e. The van der Waals surface area contributed by atoms with Crippen molar-refractivity contribution in [2.24, 2.45) is 0 Å². The van der Waals surface area contributed by atoms with Gasteiger partial charge in [-0.15, -0.1) is 0 Å². The van der Waals surface area contributed by atoms with E-state index in [-0.39, 0.29) is 0 Å². The van der Waals surface area contributed by atoms with E-state index in [1.807, 2.05) is 6.07 Å². The molecule has 88 valence electrons. The van der Waals surface area contributed by atoms with Crippen molar-refractivity contribution in [3.05, 3.63) is 21.8 Å². The molecule has 1 atom stereocenters. The molecule has 2 heterocycles. The van der Waals surface area contributed by atoms with Gasteiger partial charge in [0, 0.05) is 23.3 Å². The summed E-state index contributed by atoms with van der Waals surface area (Å²) in [6.45, 7) is 2.23. The van der Waals surface area contributed by atoms with Crippen molar-refractivity contribution in [3.8, 4) is 0 Å². The highest BCUT2D eigenvalue weighted by atomic mass is 79.9. The average molecular weight is 305 g/mol. The standard InChI is InChI=1S/C11H15BrClN3/c1-16-4-2-3-9(7-16)15-11-10(13)5-8(12)6-14-11/h5-6,9H,2-4,7H2,1H3,(H,14,15). The second kappa shape index (κ2) is 5.34. The lowest BCUT2D eigenvalue weighted by Crippen LogP contribution is -2.39. The molecular formula is C11H15BrClN3. The number of anilines is 1.